The summed E-state index contributed by atoms with van der Waals surface area (Å²) in [7, 11) is 1.89. The van der Waals surface area contributed by atoms with Crippen LogP contribution < -0.4 is 0 Å². The van der Waals surface area contributed by atoms with Crippen molar-refractivity contribution in [2.24, 2.45) is 7.05 Å². The van der Waals surface area contributed by atoms with Crippen molar-refractivity contribution in [2.75, 3.05) is 6.54 Å². The molecule has 1 saturated heterocycles. The quantitative estimate of drug-likeness (QED) is 0.667. The van der Waals surface area contributed by atoms with Gasteiger partial charge in [-0.15, -0.1) is 0 Å². The molecule has 1 aromatic carbocycles. The number of aromatic nitrogens is 3. The predicted octanol–water partition coefficient (Wildman–Crippen LogP) is 4.49. The lowest BCUT2D eigenvalue weighted by Gasteiger charge is -2.28. The molecule has 7 heteroatoms. The van der Waals surface area contributed by atoms with Crippen LogP contribution in [0.25, 0.3) is 11.3 Å². The number of likely N-dealkylation sites (tertiary alicyclic amines) is 1. The van der Waals surface area contributed by atoms with Crippen molar-refractivity contribution < 1.29 is 9.32 Å². The molecule has 0 aliphatic carbocycles. The van der Waals surface area contributed by atoms with Gasteiger partial charge in [-0.25, -0.2) is 0 Å². The van der Waals surface area contributed by atoms with Gasteiger partial charge in [0.15, 0.2) is 11.5 Å². The van der Waals surface area contributed by atoms with E-state index in [-0.39, 0.29) is 11.9 Å². The zero-order chi connectivity index (χ0) is 18.8. The molecule has 3 aromatic rings. The van der Waals surface area contributed by atoms with Crippen molar-refractivity contribution in [1.82, 2.24) is 19.8 Å². The summed E-state index contributed by atoms with van der Waals surface area (Å²) in [6, 6.07) is 10.9. The third-order valence-electron chi connectivity index (χ3n) is 4.93. The van der Waals surface area contributed by atoms with Crippen LogP contribution in [0.4, 0.5) is 0 Å². The Balaban J connectivity index is 1.62. The van der Waals surface area contributed by atoms with Crippen LogP contribution in [-0.2, 0) is 7.05 Å². The topological polar surface area (TPSA) is 64.2 Å². The number of benzene rings is 1. The summed E-state index contributed by atoms with van der Waals surface area (Å²) in [6.45, 7) is 0.694. The van der Waals surface area contributed by atoms with E-state index in [1.54, 1.807) is 22.9 Å². The van der Waals surface area contributed by atoms with Crippen LogP contribution in [0.3, 0.4) is 0 Å². The van der Waals surface area contributed by atoms with Crippen molar-refractivity contribution >= 4 is 17.5 Å². The molecule has 0 saturated carbocycles. The standard InChI is InChI=1S/C20H21ClN4O2/c1-24-11-9-16(22-24)18-8-3-2-4-10-25(18)20(26)17-13-19(27-23-17)14-6-5-7-15(21)12-14/h5-7,9,11-13,18H,2-4,8,10H2,1H3/t18-/m1/s1. The molecular formula is C20H21ClN4O2. The van der Waals surface area contributed by atoms with E-state index in [0.717, 1.165) is 36.9 Å². The molecule has 4 rings (SSSR count). The molecule has 27 heavy (non-hydrogen) atoms. The lowest BCUT2D eigenvalue weighted by molar-refractivity contribution is 0.0666. The first-order valence-corrected chi connectivity index (χ1v) is 9.53. The number of hydrogen-bond donors (Lipinski definition) is 0. The molecule has 1 fully saturated rings. The van der Waals surface area contributed by atoms with Crippen molar-refractivity contribution in [3.63, 3.8) is 0 Å². The van der Waals surface area contributed by atoms with E-state index in [1.165, 1.54) is 0 Å². The average Bonchev–Trinajstić information content (AvgIpc) is 3.25. The van der Waals surface area contributed by atoms with Crippen LogP contribution in [0.2, 0.25) is 5.02 Å². The predicted molar refractivity (Wildman–Crippen MR) is 102 cm³/mol. The molecule has 0 N–H and O–H groups in total. The van der Waals surface area contributed by atoms with Gasteiger partial charge in [-0.05, 0) is 31.0 Å². The van der Waals surface area contributed by atoms with Gasteiger partial charge < -0.3 is 9.42 Å². The lowest BCUT2D eigenvalue weighted by Crippen LogP contribution is -2.35. The van der Waals surface area contributed by atoms with Crippen LogP contribution in [0.1, 0.15) is 47.9 Å². The fourth-order valence-corrected chi connectivity index (χ4v) is 3.76. The first kappa shape index (κ1) is 17.8. The molecule has 1 atom stereocenters. The Kier molecular flexibility index (Phi) is 4.99. The van der Waals surface area contributed by atoms with E-state index in [9.17, 15) is 4.79 Å². The monoisotopic (exact) mass is 384 g/mol. The highest BCUT2D eigenvalue weighted by Gasteiger charge is 2.30. The number of hydrogen-bond acceptors (Lipinski definition) is 4. The second-order valence-corrected chi connectivity index (χ2v) is 7.30. The molecule has 3 heterocycles. The summed E-state index contributed by atoms with van der Waals surface area (Å²) in [6.07, 6.45) is 5.99. The summed E-state index contributed by atoms with van der Waals surface area (Å²) in [5, 5.41) is 9.17. The number of carbonyl (C=O) groups is 1. The van der Waals surface area contributed by atoms with Gasteiger partial charge in [0, 0.05) is 36.4 Å². The maximum Gasteiger partial charge on any atom is 0.276 e. The van der Waals surface area contributed by atoms with Crippen molar-refractivity contribution in [2.45, 2.75) is 31.7 Å². The third-order valence-corrected chi connectivity index (χ3v) is 5.16. The van der Waals surface area contributed by atoms with Gasteiger partial charge in [0.25, 0.3) is 5.91 Å². The minimum Gasteiger partial charge on any atom is -0.355 e. The van der Waals surface area contributed by atoms with Gasteiger partial charge in [-0.1, -0.05) is 41.7 Å². The normalized spacial score (nSPS) is 17.7. The van der Waals surface area contributed by atoms with Crippen LogP contribution >= 0.6 is 11.6 Å². The molecule has 1 aliphatic heterocycles. The largest absolute Gasteiger partial charge is 0.355 e. The minimum atomic E-state index is -0.121. The second kappa shape index (κ2) is 7.56. The van der Waals surface area contributed by atoms with Gasteiger partial charge in [-0.3, -0.25) is 9.48 Å². The van der Waals surface area contributed by atoms with Crippen molar-refractivity contribution in [1.29, 1.82) is 0 Å². The zero-order valence-corrected chi connectivity index (χ0v) is 15.9. The Labute approximate surface area is 162 Å². The number of rotatable bonds is 3. The van der Waals surface area contributed by atoms with Gasteiger partial charge >= 0.3 is 0 Å². The molecule has 1 amide bonds. The third kappa shape index (κ3) is 3.76. The van der Waals surface area contributed by atoms with Gasteiger partial charge in [0.1, 0.15) is 0 Å². The van der Waals surface area contributed by atoms with Crippen LogP contribution in [0, 0.1) is 0 Å². The maximum atomic E-state index is 13.2. The summed E-state index contributed by atoms with van der Waals surface area (Å²) in [5.74, 6) is 0.412. The fourth-order valence-electron chi connectivity index (χ4n) is 3.57. The Bertz CT molecular complexity index is 949. The van der Waals surface area contributed by atoms with Crippen molar-refractivity contribution in [3.05, 3.63) is 59.0 Å². The minimum absolute atomic E-state index is 0.0347. The Morgan fingerprint density at radius 1 is 1.22 bits per heavy atom. The average molecular weight is 385 g/mol. The summed E-state index contributed by atoms with van der Waals surface area (Å²) in [4.78, 5) is 15.1. The first-order chi connectivity index (χ1) is 13.1. The van der Waals surface area contributed by atoms with E-state index in [0.29, 0.717) is 23.0 Å². The lowest BCUT2D eigenvalue weighted by atomic mass is 10.1. The maximum absolute atomic E-state index is 13.2. The van der Waals surface area contributed by atoms with Crippen LogP contribution in [-0.4, -0.2) is 32.3 Å². The van der Waals surface area contributed by atoms with Crippen molar-refractivity contribution in [3.8, 4) is 11.3 Å². The molecule has 2 aromatic heterocycles. The second-order valence-electron chi connectivity index (χ2n) is 6.86. The Hall–Kier alpha value is -2.60. The number of amides is 1. The first-order valence-electron chi connectivity index (χ1n) is 9.15. The molecule has 6 nitrogen and oxygen atoms in total. The van der Waals surface area contributed by atoms with E-state index in [1.807, 2.05) is 36.3 Å². The van der Waals surface area contributed by atoms with Gasteiger partial charge in [0.2, 0.25) is 0 Å². The summed E-state index contributed by atoms with van der Waals surface area (Å²) >= 11 is 6.05. The highest BCUT2D eigenvalue weighted by molar-refractivity contribution is 6.30. The van der Waals surface area contributed by atoms with E-state index in [4.69, 9.17) is 16.1 Å². The molecule has 0 radical (unpaired) electrons. The number of nitrogens with zero attached hydrogens (tertiary/aromatic N) is 4. The summed E-state index contributed by atoms with van der Waals surface area (Å²) in [5.41, 5.74) is 2.03. The van der Waals surface area contributed by atoms with Crippen LogP contribution in [0.15, 0.2) is 47.1 Å². The SMILES string of the molecule is Cn1ccc([C@H]2CCCCCN2C(=O)c2cc(-c3cccc(Cl)c3)on2)n1. The molecule has 140 valence electrons. The van der Waals surface area contributed by atoms with Gasteiger partial charge in [0.05, 0.1) is 11.7 Å². The fraction of sp³-hybridized carbons (Fsp3) is 0.350. The Morgan fingerprint density at radius 3 is 2.89 bits per heavy atom. The smallest absolute Gasteiger partial charge is 0.276 e. The van der Waals surface area contributed by atoms with Gasteiger partial charge in [-0.2, -0.15) is 5.10 Å². The van der Waals surface area contributed by atoms with E-state index >= 15 is 0 Å². The summed E-state index contributed by atoms with van der Waals surface area (Å²) < 4.78 is 7.19. The number of aryl methyl sites for hydroxylation is 1. The molecule has 0 unspecified atom stereocenters. The molecular weight excluding hydrogens is 364 g/mol. The highest BCUT2D eigenvalue weighted by Crippen LogP contribution is 2.31. The molecule has 0 bridgehead atoms. The molecule has 0 spiro atoms. The van der Waals surface area contributed by atoms with E-state index < -0.39 is 0 Å². The zero-order valence-electron chi connectivity index (χ0n) is 15.1. The number of carbonyl (C=O) groups excluding carboxylic acids is 1. The molecule has 1 aliphatic rings. The van der Waals surface area contributed by atoms with Crippen LogP contribution in [0.5, 0.6) is 0 Å². The Morgan fingerprint density at radius 2 is 2.11 bits per heavy atom. The number of halogens is 1. The highest BCUT2D eigenvalue weighted by atomic mass is 35.5. The van der Waals surface area contributed by atoms with E-state index in [2.05, 4.69) is 10.3 Å².